The average molecular weight is 311 g/mol. The van der Waals surface area contributed by atoms with E-state index < -0.39 is 10.9 Å². The van der Waals surface area contributed by atoms with E-state index in [9.17, 15) is 14.9 Å². The first-order valence-corrected chi connectivity index (χ1v) is 6.91. The summed E-state index contributed by atoms with van der Waals surface area (Å²) in [4.78, 5) is 21.9. The van der Waals surface area contributed by atoms with Crippen molar-refractivity contribution in [2.45, 2.75) is 13.8 Å². The van der Waals surface area contributed by atoms with Gasteiger partial charge in [-0.25, -0.2) is 4.79 Å². The lowest BCUT2D eigenvalue weighted by molar-refractivity contribution is -0.402. The van der Waals surface area contributed by atoms with Gasteiger partial charge in [0.15, 0.2) is 0 Å². The van der Waals surface area contributed by atoms with Crippen LogP contribution >= 0.6 is 0 Å². The third-order valence-electron chi connectivity index (χ3n) is 3.61. The zero-order valence-corrected chi connectivity index (χ0v) is 12.5. The Hall–Kier alpha value is -3.15. The van der Waals surface area contributed by atoms with Gasteiger partial charge in [0, 0.05) is 5.56 Å². The van der Waals surface area contributed by atoms with Crippen LogP contribution in [0.3, 0.4) is 0 Å². The van der Waals surface area contributed by atoms with Gasteiger partial charge < -0.3 is 9.15 Å². The molecule has 0 spiro atoms. The summed E-state index contributed by atoms with van der Waals surface area (Å²) in [6.07, 6.45) is 3.02. The van der Waals surface area contributed by atoms with Crippen molar-refractivity contribution in [1.82, 2.24) is 0 Å². The van der Waals surface area contributed by atoms with Crippen molar-refractivity contribution in [2.24, 2.45) is 0 Å². The van der Waals surface area contributed by atoms with Gasteiger partial charge in [-0.05, 0) is 49.3 Å². The van der Waals surface area contributed by atoms with Crippen molar-refractivity contribution >= 4 is 23.7 Å². The minimum absolute atomic E-state index is 0.223. The van der Waals surface area contributed by atoms with Crippen LogP contribution in [0.25, 0.3) is 11.8 Å². The molecule has 1 aromatic heterocycles. The Morgan fingerprint density at radius 1 is 1.13 bits per heavy atom. The Morgan fingerprint density at radius 3 is 2.57 bits per heavy atom. The lowest BCUT2D eigenvalue weighted by Gasteiger charge is -2.05. The number of benzene rings is 1. The standard InChI is InChI=1S/C17H13NO5/c1-10-3-4-12(7-11(10)2)15-9-13(17(19)23-15)8-14-5-6-16(22-14)18(20)21/h3-9H,1-2H3/b13-8-. The summed E-state index contributed by atoms with van der Waals surface area (Å²) in [6.45, 7) is 3.98. The number of carbonyl (C=O) groups excluding carboxylic acids is 1. The number of hydrogen-bond acceptors (Lipinski definition) is 5. The van der Waals surface area contributed by atoms with E-state index in [0.717, 1.165) is 16.7 Å². The zero-order valence-electron chi connectivity index (χ0n) is 12.5. The van der Waals surface area contributed by atoms with Gasteiger partial charge in [0.05, 0.1) is 11.6 Å². The summed E-state index contributed by atoms with van der Waals surface area (Å²) in [6, 6.07) is 8.44. The first-order chi connectivity index (χ1) is 10.9. The summed E-state index contributed by atoms with van der Waals surface area (Å²) in [5.74, 6) is -0.217. The molecule has 1 aromatic carbocycles. The number of nitrogens with zero attached hydrogens (tertiary/aromatic N) is 1. The van der Waals surface area contributed by atoms with Crippen LogP contribution in [0, 0.1) is 24.0 Å². The highest BCUT2D eigenvalue weighted by atomic mass is 16.6. The number of hydrogen-bond donors (Lipinski definition) is 0. The fourth-order valence-electron chi connectivity index (χ4n) is 2.20. The van der Waals surface area contributed by atoms with E-state index in [1.54, 1.807) is 6.08 Å². The molecule has 0 saturated carbocycles. The summed E-state index contributed by atoms with van der Waals surface area (Å²) < 4.78 is 10.3. The largest absolute Gasteiger partial charge is 0.433 e. The number of ether oxygens (including phenoxy) is 1. The molecule has 0 atom stereocenters. The Morgan fingerprint density at radius 2 is 1.91 bits per heavy atom. The van der Waals surface area contributed by atoms with Gasteiger partial charge in [0.2, 0.25) is 0 Å². The van der Waals surface area contributed by atoms with E-state index >= 15 is 0 Å². The average Bonchev–Trinajstić information content (AvgIpc) is 3.10. The normalized spacial score (nSPS) is 15.7. The van der Waals surface area contributed by atoms with Gasteiger partial charge in [-0.2, -0.15) is 0 Å². The van der Waals surface area contributed by atoms with E-state index in [0.29, 0.717) is 5.76 Å². The number of rotatable bonds is 3. The predicted octanol–water partition coefficient (Wildman–Crippen LogP) is 3.79. The maximum Gasteiger partial charge on any atom is 0.433 e. The molecule has 1 aliphatic rings. The summed E-state index contributed by atoms with van der Waals surface area (Å²) >= 11 is 0. The Bertz CT molecular complexity index is 873. The van der Waals surface area contributed by atoms with Gasteiger partial charge in [-0.3, -0.25) is 10.1 Å². The smallest absolute Gasteiger partial charge is 0.422 e. The molecule has 2 heterocycles. The highest BCUT2D eigenvalue weighted by Gasteiger charge is 2.23. The summed E-state index contributed by atoms with van der Waals surface area (Å²) in [5.41, 5.74) is 3.33. The monoisotopic (exact) mass is 311 g/mol. The molecule has 0 saturated heterocycles. The van der Waals surface area contributed by atoms with Gasteiger partial charge in [-0.15, -0.1) is 0 Å². The molecule has 1 aliphatic heterocycles. The molecule has 2 aromatic rings. The lowest BCUT2D eigenvalue weighted by atomic mass is 10.0. The fraction of sp³-hybridized carbons (Fsp3) is 0.118. The number of esters is 1. The number of carbonyl (C=O) groups is 1. The van der Waals surface area contributed by atoms with Gasteiger partial charge >= 0.3 is 11.9 Å². The van der Waals surface area contributed by atoms with Crippen molar-refractivity contribution in [3.63, 3.8) is 0 Å². The van der Waals surface area contributed by atoms with Crippen LogP contribution in [-0.4, -0.2) is 10.9 Å². The quantitative estimate of drug-likeness (QED) is 0.373. The van der Waals surface area contributed by atoms with Crippen LogP contribution in [-0.2, 0) is 9.53 Å². The van der Waals surface area contributed by atoms with Crippen molar-refractivity contribution in [3.8, 4) is 0 Å². The van der Waals surface area contributed by atoms with E-state index in [1.165, 1.54) is 18.2 Å². The van der Waals surface area contributed by atoms with Crippen LogP contribution in [0.1, 0.15) is 22.5 Å². The second kappa shape index (κ2) is 5.57. The second-order valence-corrected chi connectivity index (χ2v) is 5.23. The van der Waals surface area contributed by atoms with E-state index in [-0.39, 0.29) is 17.2 Å². The number of furan rings is 1. The van der Waals surface area contributed by atoms with Crippen LogP contribution < -0.4 is 0 Å². The third-order valence-corrected chi connectivity index (χ3v) is 3.61. The van der Waals surface area contributed by atoms with Gasteiger partial charge in [0.1, 0.15) is 16.4 Å². The molecular formula is C17H13NO5. The van der Waals surface area contributed by atoms with Gasteiger partial charge in [0.25, 0.3) is 0 Å². The maximum atomic E-state index is 11.9. The molecule has 3 rings (SSSR count). The van der Waals surface area contributed by atoms with E-state index in [4.69, 9.17) is 9.15 Å². The minimum atomic E-state index is -0.634. The van der Waals surface area contributed by atoms with E-state index in [2.05, 4.69) is 0 Å². The van der Waals surface area contributed by atoms with Crippen molar-refractivity contribution in [2.75, 3.05) is 0 Å². The molecule has 0 bridgehead atoms. The van der Waals surface area contributed by atoms with Crippen molar-refractivity contribution < 1.29 is 18.9 Å². The van der Waals surface area contributed by atoms with Crippen molar-refractivity contribution in [1.29, 1.82) is 0 Å². The first-order valence-electron chi connectivity index (χ1n) is 6.91. The molecule has 0 unspecified atom stereocenters. The summed E-state index contributed by atoms with van der Waals surface area (Å²) in [7, 11) is 0. The topological polar surface area (TPSA) is 82.6 Å². The Labute approximate surface area is 131 Å². The van der Waals surface area contributed by atoms with Gasteiger partial charge in [-0.1, -0.05) is 12.1 Å². The molecule has 0 aliphatic carbocycles. The predicted molar refractivity (Wildman–Crippen MR) is 83.3 cm³/mol. The molecule has 116 valence electrons. The molecular weight excluding hydrogens is 298 g/mol. The maximum absolute atomic E-state index is 11.9. The van der Waals surface area contributed by atoms with Crippen LogP contribution in [0.2, 0.25) is 0 Å². The highest BCUT2D eigenvalue weighted by molar-refractivity contribution is 6.04. The number of nitro groups is 1. The van der Waals surface area contributed by atoms with Crippen molar-refractivity contribution in [3.05, 3.63) is 74.5 Å². The molecule has 6 heteroatoms. The SMILES string of the molecule is Cc1ccc(C2=C/C(=C/c3ccc([N+](=O)[O-])o3)C(=O)O2)cc1C. The molecule has 0 N–H and O–H groups in total. The van der Waals surface area contributed by atoms with Crippen LogP contribution in [0.4, 0.5) is 5.88 Å². The van der Waals surface area contributed by atoms with Crippen LogP contribution in [0.5, 0.6) is 0 Å². The number of aryl methyl sites for hydroxylation is 2. The lowest BCUT2D eigenvalue weighted by Crippen LogP contribution is -1.97. The van der Waals surface area contributed by atoms with Crippen LogP contribution in [0.15, 0.2) is 46.4 Å². The fourth-order valence-corrected chi connectivity index (χ4v) is 2.20. The molecule has 23 heavy (non-hydrogen) atoms. The molecule has 0 radical (unpaired) electrons. The second-order valence-electron chi connectivity index (χ2n) is 5.23. The zero-order chi connectivity index (χ0) is 16.6. The Kier molecular flexibility index (Phi) is 3.57. The molecule has 0 amide bonds. The molecule has 0 fully saturated rings. The Balaban J connectivity index is 1.92. The first kappa shape index (κ1) is 14.8. The summed E-state index contributed by atoms with van der Waals surface area (Å²) in [5, 5.41) is 10.6. The van der Waals surface area contributed by atoms with E-state index in [1.807, 2.05) is 32.0 Å². The highest BCUT2D eigenvalue weighted by Crippen LogP contribution is 2.29. The number of cyclic esters (lactones) is 1. The molecule has 6 nitrogen and oxygen atoms in total. The third kappa shape index (κ3) is 2.91. The minimum Gasteiger partial charge on any atom is -0.422 e.